The summed E-state index contributed by atoms with van der Waals surface area (Å²) < 4.78 is 0. The van der Waals surface area contributed by atoms with E-state index in [9.17, 15) is 0 Å². The van der Waals surface area contributed by atoms with Gasteiger partial charge < -0.3 is 5.73 Å². The molecule has 0 aromatic rings. The Morgan fingerprint density at radius 3 is 1.00 bits per heavy atom. The Hall–Kier alpha value is 0.250. The van der Waals surface area contributed by atoms with Crippen molar-refractivity contribution in [2.45, 2.75) is 200 Å². The van der Waals surface area contributed by atoms with Gasteiger partial charge in [0, 0.05) is 5.54 Å². The molecule has 0 radical (unpaired) electrons. The van der Waals surface area contributed by atoms with Crippen LogP contribution in [0, 0.1) is 5.92 Å². The van der Waals surface area contributed by atoms with Crippen LogP contribution in [0.2, 0.25) is 0 Å². The molecule has 0 saturated carbocycles. The van der Waals surface area contributed by atoms with Gasteiger partial charge in [-0.3, -0.25) is 0 Å². The predicted molar refractivity (Wildman–Crippen MR) is 160 cm³/mol. The summed E-state index contributed by atoms with van der Waals surface area (Å²) in [7, 11) is 0. The first-order chi connectivity index (χ1) is 16.1. The molecule has 2 N–H and O–H groups in total. The van der Waals surface area contributed by atoms with E-state index in [1.54, 1.807) is 0 Å². The Balaban J connectivity index is 0. The monoisotopic (exact) mass is 502 g/mol. The fraction of sp³-hybridized carbons (Fsp3) is 1.00. The molecule has 0 aliphatic heterocycles. The van der Waals surface area contributed by atoms with Crippen molar-refractivity contribution < 1.29 is 0 Å². The Bertz CT molecular complexity index is 356. The predicted octanol–water partition coefficient (Wildman–Crippen LogP) is 11.9. The van der Waals surface area contributed by atoms with Crippen molar-refractivity contribution in [3.8, 4) is 0 Å². The second-order valence-corrected chi connectivity index (χ2v) is 11.4. The normalized spacial score (nSPS) is 12.6. The third-order valence-electron chi connectivity index (χ3n) is 8.12. The van der Waals surface area contributed by atoms with E-state index in [1.807, 2.05) is 0 Å². The summed E-state index contributed by atoms with van der Waals surface area (Å²) in [6.45, 7) is 9.28. The molecule has 0 saturated heterocycles. The van der Waals surface area contributed by atoms with E-state index in [-0.39, 0.29) is 17.9 Å². The number of halogens is 1. The van der Waals surface area contributed by atoms with Gasteiger partial charge in [-0.05, 0) is 31.6 Å². The molecule has 0 aromatic heterocycles. The van der Waals surface area contributed by atoms with E-state index >= 15 is 0 Å². The van der Waals surface area contributed by atoms with Gasteiger partial charge in [0.1, 0.15) is 0 Å². The number of unbranched alkanes of at least 4 members (excludes halogenated alkanes) is 18. The van der Waals surface area contributed by atoms with E-state index in [4.69, 9.17) is 5.73 Å². The maximum absolute atomic E-state index is 7.39. The SMILES string of the molecule is CCCCCCCCCC(CCCCCCC)C(N)(CCCCCCC)CCCCCCC.Cl. The minimum atomic E-state index is 0. The third-order valence-corrected chi connectivity index (χ3v) is 8.12. The third kappa shape index (κ3) is 21.5. The van der Waals surface area contributed by atoms with E-state index in [2.05, 4.69) is 27.7 Å². The molecule has 0 amide bonds. The zero-order valence-electron chi connectivity index (χ0n) is 24.4. The maximum Gasteiger partial charge on any atom is 0.0182 e. The summed E-state index contributed by atoms with van der Waals surface area (Å²) in [5.74, 6) is 0.757. The standard InChI is InChI=1S/C32H67N.ClH/c1-5-9-13-17-18-20-24-28-31(27-23-19-14-10-6-2)32(33,29-25-21-15-11-7-3)30-26-22-16-12-8-4;/h31H,5-30,33H2,1-4H3;1H. The first kappa shape index (κ1) is 36.4. The Morgan fingerprint density at radius 2 is 0.676 bits per heavy atom. The zero-order chi connectivity index (χ0) is 24.5. The van der Waals surface area contributed by atoms with Gasteiger partial charge in [-0.2, -0.15) is 0 Å². The smallest absolute Gasteiger partial charge is 0.0182 e. The van der Waals surface area contributed by atoms with Gasteiger partial charge >= 0.3 is 0 Å². The summed E-state index contributed by atoms with van der Waals surface area (Å²) in [6.07, 6.45) is 36.1. The average molecular weight is 502 g/mol. The van der Waals surface area contributed by atoms with Crippen molar-refractivity contribution in [2.24, 2.45) is 11.7 Å². The molecule has 0 aromatic carbocycles. The first-order valence-electron chi connectivity index (χ1n) is 15.9. The van der Waals surface area contributed by atoms with Crippen molar-refractivity contribution in [2.75, 3.05) is 0 Å². The van der Waals surface area contributed by atoms with Gasteiger partial charge in [-0.1, -0.05) is 169 Å². The van der Waals surface area contributed by atoms with Crippen LogP contribution in [0.3, 0.4) is 0 Å². The molecule has 2 heteroatoms. The fourth-order valence-corrected chi connectivity index (χ4v) is 5.71. The number of rotatable bonds is 27. The van der Waals surface area contributed by atoms with Gasteiger partial charge in [0.15, 0.2) is 0 Å². The average Bonchev–Trinajstić information content (AvgIpc) is 2.81. The summed E-state index contributed by atoms with van der Waals surface area (Å²) in [4.78, 5) is 0. The van der Waals surface area contributed by atoms with E-state index in [1.165, 1.54) is 167 Å². The molecule has 0 heterocycles. The van der Waals surface area contributed by atoms with Crippen molar-refractivity contribution in [3.05, 3.63) is 0 Å². The number of hydrogen-bond acceptors (Lipinski definition) is 1. The van der Waals surface area contributed by atoms with Gasteiger partial charge in [-0.15, -0.1) is 12.4 Å². The quantitative estimate of drug-likeness (QED) is 0.111. The Morgan fingerprint density at radius 1 is 0.412 bits per heavy atom. The van der Waals surface area contributed by atoms with E-state index in [0.29, 0.717) is 0 Å². The summed E-state index contributed by atoms with van der Waals surface area (Å²) in [5.41, 5.74) is 7.50. The van der Waals surface area contributed by atoms with Crippen LogP contribution in [-0.4, -0.2) is 5.54 Å². The molecule has 0 fully saturated rings. The van der Waals surface area contributed by atoms with Crippen molar-refractivity contribution in [1.29, 1.82) is 0 Å². The Labute approximate surface area is 224 Å². The first-order valence-corrected chi connectivity index (χ1v) is 15.9. The van der Waals surface area contributed by atoms with Crippen LogP contribution in [0.15, 0.2) is 0 Å². The molecular formula is C32H68ClN. The van der Waals surface area contributed by atoms with E-state index < -0.39 is 0 Å². The lowest BCUT2D eigenvalue weighted by Gasteiger charge is -2.39. The molecule has 0 aliphatic rings. The van der Waals surface area contributed by atoms with Gasteiger partial charge in [-0.25, -0.2) is 0 Å². The van der Waals surface area contributed by atoms with Crippen LogP contribution in [0.1, 0.15) is 195 Å². The maximum atomic E-state index is 7.39. The van der Waals surface area contributed by atoms with Crippen molar-refractivity contribution >= 4 is 12.4 Å². The molecule has 208 valence electrons. The van der Waals surface area contributed by atoms with Crippen molar-refractivity contribution in [1.82, 2.24) is 0 Å². The highest BCUT2D eigenvalue weighted by molar-refractivity contribution is 5.85. The van der Waals surface area contributed by atoms with Crippen LogP contribution in [-0.2, 0) is 0 Å². The topological polar surface area (TPSA) is 26.0 Å². The molecule has 0 aliphatic carbocycles. The van der Waals surface area contributed by atoms with E-state index in [0.717, 1.165) is 5.92 Å². The molecule has 1 atom stereocenters. The van der Waals surface area contributed by atoms with Crippen LogP contribution in [0.25, 0.3) is 0 Å². The Kier molecular flexibility index (Phi) is 29.8. The van der Waals surface area contributed by atoms with Crippen LogP contribution >= 0.6 is 12.4 Å². The fourth-order valence-electron chi connectivity index (χ4n) is 5.71. The lowest BCUT2D eigenvalue weighted by Crippen LogP contribution is -2.47. The highest BCUT2D eigenvalue weighted by Crippen LogP contribution is 2.35. The molecule has 1 nitrogen and oxygen atoms in total. The van der Waals surface area contributed by atoms with Crippen LogP contribution in [0.5, 0.6) is 0 Å². The van der Waals surface area contributed by atoms with Crippen LogP contribution in [0.4, 0.5) is 0 Å². The summed E-state index contributed by atoms with van der Waals surface area (Å²) in [5, 5.41) is 0. The number of hydrogen-bond donors (Lipinski definition) is 1. The largest absolute Gasteiger partial charge is 0.325 e. The minimum Gasteiger partial charge on any atom is -0.325 e. The second-order valence-electron chi connectivity index (χ2n) is 11.4. The molecule has 1 unspecified atom stereocenters. The molecule has 34 heavy (non-hydrogen) atoms. The van der Waals surface area contributed by atoms with Crippen LogP contribution < -0.4 is 5.73 Å². The molecule has 0 bridgehead atoms. The second kappa shape index (κ2) is 27.8. The van der Waals surface area contributed by atoms with Gasteiger partial charge in [0.05, 0.1) is 0 Å². The highest BCUT2D eigenvalue weighted by atomic mass is 35.5. The minimum absolute atomic E-state index is 0. The zero-order valence-corrected chi connectivity index (χ0v) is 25.3. The lowest BCUT2D eigenvalue weighted by atomic mass is 9.72. The summed E-state index contributed by atoms with van der Waals surface area (Å²) >= 11 is 0. The highest BCUT2D eigenvalue weighted by Gasteiger charge is 2.33. The molecule has 0 spiro atoms. The summed E-state index contributed by atoms with van der Waals surface area (Å²) in [6, 6.07) is 0. The van der Waals surface area contributed by atoms with Crippen molar-refractivity contribution in [3.63, 3.8) is 0 Å². The lowest BCUT2D eigenvalue weighted by molar-refractivity contribution is 0.189. The van der Waals surface area contributed by atoms with Gasteiger partial charge in [0.2, 0.25) is 0 Å². The number of nitrogens with two attached hydrogens (primary N) is 1. The molecular weight excluding hydrogens is 434 g/mol. The molecule has 0 rings (SSSR count). The van der Waals surface area contributed by atoms with Gasteiger partial charge in [0.25, 0.3) is 0 Å².